The number of nitrogens with zero attached hydrogens (tertiary/aromatic N) is 1. The van der Waals surface area contributed by atoms with E-state index in [2.05, 4.69) is 24.1 Å². The number of rotatable bonds is 1. The Hall–Kier alpha value is -0.570. The summed E-state index contributed by atoms with van der Waals surface area (Å²) < 4.78 is 0. The number of piperidine rings is 1. The van der Waals surface area contributed by atoms with Gasteiger partial charge in [0.25, 0.3) is 0 Å². The van der Waals surface area contributed by atoms with Crippen molar-refractivity contribution in [1.82, 2.24) is 10.2 Å². The van der Waals surface area contributed by atoms with Crippen molar-refractivity contribution < 1.29 is 4.79 Å². The van der Waals surface area contributed by atoms with E-state index in [1.807, 2.05) is 0 Å². The fourth-order valence-corrected chi connectivity index (χ4v) is 4.27. The molecule has 1 N–H and O–H groups in total. The van der Waals surface area contributed by atoms with Gasteiger partial charge in [0.15, 0.2) is 0 Å². The van der Waals surface area contributed by atoms with Crippen LogP contribution < -0.4 is 5.32 Å². The Bertz CT molecular complexity index is 339. The number of hydrogen-bond acceptors (Lipinski definition) is 2. The quantitative estimate of drug-likeness (QED) is 0.772. The Balaban J connectivity index is 1.67. The Morgan fingerprint density at radius 2 is 2.11 bits per heavy atom. The van der Waals surface area contributed by atoms with Crippen molar-refractivity contribution in [2.45, 2.75) is 52.0 Å². The average molecular weight is 250 g/mol. The molecule has 0 spiro atoms. The van der Waals surface area contributed by atoms with Gasteiger partial charge in [-0.25, -0.2) is 0 Å². The molecule has 0 radical (unpaired) electrons. The number of amides is 1. The minimum atomic E-state index is 0.131. The zero-order valence-electron chi connectivity index (χ0n) is 11.7. The molecule has 3 heteroatoms. The van der Waals surface area contributed by atoms with Crippen molar-refractivity contribution >= 4 is 5.91 Å². The zero-order chi connectivity index (χ0) is 12.8. The lowest BCUT2D eigenvalue weighted by Crippen LogP contribution is -2.51. The zero-order valence-corrected chi connectivity index (χ0v) is 11.7. The minimum absolute atomic E-state index is 0.131. The van der Waals surface area contributed by atoms with Gasteiger partial charge in [-0.05, 0) is 49.5 Å². The molecule has 3 aliphatic rings. The van der Waals surface area contributed by atoms with Crippen LogP contribution in [0.15, 0.2) is 0 Å². The maximum Gasteiger partial charge on any atom is 0.240 e. The summed E-state index contributed by atoms with van der Waals surface area (Å²) in [5, 5.41) is 3.49. The van der Waals surface area contributed by atoms with Crippen LogP contribution in [0.4, 0.5) is 0 Å². The highest BCUT2D eigenvalue weighted by Crippen LogP contribution is 2.39. The molecular formula is C15H26N2O. The molecule has 1 saturated carbocycles. The monoisotopic (exact) mass is 250 g/mol. The van der Waals surface area contributed by atoms with Gasteiger partial charge in [0.05, 0.1) is 6.04 Å². The number of carbonyl (C=O) groups excluding carboxylic acids is 1. The number of likely N-dealkylation sites (tertiary alicyclic amines) is 1. The molecule has 102 valence electrons. The Labute approximate surface area is 110 Å². The molecule has 2 saturated heterocycles. The molecule has 3 unspecified atom stereocenters. The van der Waals surface area contributed by atoms with Crippen molar-refractivity contribution in [1.29, 1.82) is 0 Å². The molecule has 0 aromatic rings. The fourth-order valence-electron chi connectivity index (χ4n) is 4.27. The van der Waals surface area contributed by atoms with Crippen LogP contribution in [0.5, 0.6) is 0 Å². The van der Waals surface area contributed by atoms with Crippen molar-refractivity contribution in [2.75, 3.05) is 19.6 Å². The van der Waals surface area contributed by atoms with Gasteiger partial charge in [-0.15, -0.1) is 0 Å². The molecule has 2 heterocycles. The molecule has 3 atom stereocenters. The highest BCUT2D eigenvalue weighted by Gasteiger charge is 2.44. The first kappa shape index (κ1) is 12.5. The summed E-state index contributed by atoms with van der Waals surface area (Å²) in [5.41, 5.74) is 0.307. The predicted octanol–water partition coefficient (Wildman–Crippen LogP) is 2.02. The van der Waals surface area contributed by atoms with E-state index in [1.54, 1.807) is 0 Å². The van der Waals surface area contributed by atoms with Crippen LogP contribution in [0.25, 0.3) is 0 Å². The van der Waals surface area contributed by atoms with Gasteiger partial charge < -0.3 is 10.2 Å². The van der Waals surface area contributed by atoms with E-state index in [9.17, 15) is 4.79 Å². The second kappa shape index (κ2) is 4.52. The van der Waals surface area contributed by atoms with Gasteiger partial charge in [-0.3, -0.25) is 4.79 Å². The third-order valence-corrected chi connectivity index (χ3v) is 5.22. The summed E-state index contributed by atoms with van der Waals surface area (Å²) in [6.07, 6.45) is 6.32. The molecule has 3 nitrogen and oxygen atoms in total. The van der Waals surface area contributed by atoms with Gasteiger partial charge in [0.1, 0.15) is 0 Å². The maximum absolute atomic E-state index is 12.7. The predicted molar refractivity (Wildman–Crippen MR) is 72.2 cm³/mol. The van der Waals surface area contributed by atoms with Gasteiger partial charge in [0.2, 0.25) is 5.91 Å². The Morgan fingerprint density at radius 3 is 2.89 bits per heavy atom. The normalized spacial score (nSPS) is 38.8. The number of fused-ring (bicyclic) bond motifs is 1. The van der Waals surface area contributed by atoms with Crippen LogP contribution in [0, 0.1) is 17.3 Å². The molecule has 0 aromatic carbocycles. The van der Waals surface area contributed by atoms with Gasteiger partial charge in [-0.1, -0.05) is 20.3 Å². The van der Waals surface area contributed by atoms with Crippen LogP contribution in [0.3, 0.4) is 0 Å². The van der Waals surface area contributed by atoms with E-state index in [0.717, 1.165) is 25.6 Å². The molecule has 3 fully saturated rings. The smallest absolute Gasteiger partial charge is 0.240 e. The van der Waals surface area contributed by atoms with Crippen molar-refractivity contribution in [3.8, 4) is 0 Å². The first-order chi connectivity index (χ1) is 8.57. The Kier molecular flexibility index (Phi) is 3.13. The van der Waals surface area contributed by atoms with Gasteiger partial charge in [-0.2, -0.15) is 0 Å². The largest absolute Gasteiger partial charge is 0.341 e. The molecule has 3 rings (SSSR count). The number of hydrogen-bond donors (Lipinski definition) is 1. The fraction of sp³-hybridized carbons (Fsp3) is 0.933. The van der Waals surface area contributed by atoms with E-state index in [4.69, 9.17) is 0 Å². The molecule has 1 amide bonds. The highest BCUT2D eigenvalue weighted by molar-refractivity contribution is 5.83. The number of nitrogens with one attached hydrogen (secondary N) is 1. The third-order valence-electron chi connectivity index (χ3n) is 5.22. The van der Waals surface area contributed by atoms with Gasteiger partial charge >= 0.3 is 0 Å². The summed E-state index contributed by atoms with van der Waals surface area (Å²) >= 11 is 0. The molecule has 0 aromatic heterocycles. The number of carbonyl (C=O) groups is 1. The minimum Gasteiger partial charge on any atom is -0.341 e. The molecule has 1 aliphatic carbocycles. The van der Waals surface area contributed by atoms with Gasteiger partial charge in [0, 0.05) is 13.1 Å². The summed E-state index contributed by atoms with van der Waals surface area (Å²) in [6.45, 7) is 7.55. The summed E-state index contributed by atoms with van der Waals surface area (Å²) in [4.78, 5) is 14.8. The van der Waals surface area contributed by atoms with Crippen LogP contribution in [0.2, 0.25) is 0 Å². The van der Waals surface area contributed by atoms with Crippen LogP contribution in [-0.4, -0.2) is 36.5 Å². The molecular weight excluding hydrogens is 224 g/mol. The summed E-state index contributed by atoms with van der Waals surface area (Å²) in [6, 6.07) is 0.131. The molecule has 18 heavy (non-hydrogen) atoms. The van der Waals surface area contributed by atoms with Crippen molar-refractivity contribution in [3.05, 3.63) is 0 Å². The van der Waals surface area contributed by atoms with Crippen LogP contribution in [0.1, 0.15) is 46.0 Å². The van der Waals surface area contributed by atoms with Crippen LogP contribution in [-0.2, 0) is 4.79 Å². The maximum atomic E-state index is 12.7. The SMILES string of the molecule is CC1(C)CCCN(C(=O)C2NCC3CCCC32)C1. The van der Waals surface area contributed by atoms with E-state index < -0.39 is 0 Å². The first-order valence-electron chi connectivity index (χ1n) is 7.59. The lowest BCUT2D eigenvalue weighted by molar-refractivity contribution is -0.137. The average Bonchev–Trinajstić information content (AvgIpc) is 2.88. The topological polar surface area (TPSA) is 32.3 Å². The highest BCUT2D eigenvalue weighted by atomic mass is 16.2. The summed E-state index contributed by atoms with van der Waals surface area (Å²) in [7, 11) is 0. The molecule has 0 bridgehead atoms. The summed E-state index contributed by atoms with van der Waals surface area (Å²) in [5.74, 6) is 1.79. The second-order valence-corrected chi connectivity index (χ2v) is 7.27. The van der Waals surface area contributed by atoms with Crippen LogP contribution >= 0.6 is 0 Å². The standard InChI is InChI=1S/C15H26N2O/c1-15(2)7-4-8-17(10-15)14(18)13-12-6-3-5-11(12)9-16-13/h11-13,16H,3-10H2,1-2H3. The second-order valence-electron chi connectivity index (χ2n) is 7.27. The van der Waals surface area contributed by atoms with E-state index >= 15 is 0 Å². The van der Waals surface area contributed by atoms with E-state index in [0.29, 0.717) is 17.2 Å². The van der Waals surface area contributed by atoms with E-state index in [-0.39, 0.29) is 6.04 Å². The lowest BCUT2D eigenvalue weighted by atomic mass is 9.83. The molecule has 2 aliphatic heterocycles. The van der Waals surface area contributed by atoms with E-state index in [1.165, 1.54) is 32.1 Å². The lowest BCUT2D eigenvalue weighted by Gasteiger charge is -2.39. The van der Waals surface area contributed by atoms with Crippen molar-refractivity contribution in [2.24, 2.45) is 17.3 Å². The first-order valence-corrected chi connectivity index (χ1v) is 7.59. The third kappa shape index (κ3) is 2.18. The van der Waals surface area contributed by atoms with Crippen molar-refractivity contribution in [3.63, 3.8) is 0 Å². The Morgan fingerprint density at radius 1 is 1.28 bits per heavy atom.